The van der Waals surface area contributed by atoms with Crippen molar-refractivity contribution in [1.29, 1.82) is 0 Å². The molecule has 0 fully saturated rings. The van der Waals surface area contributed by atoms with Crippen molar-refractivity contribution in [2.24, 2.45) is 0 Å². The molecule has 4 heteroatoms. The summed E-state index contributed by atoms with van der Waals surface area (Å²) in [6, 6.07) is 6.48. The van der Waals surface area contributed by atoms with E-state index in [1.54, 1.807) is 11.3 Å². The number of hydrogen-bond donors (Lipinski definition) is 1. The SMILES string of the molecule is CNC(Cc1cccs1)c1ccnc(C)n1. The normalized spacial score (nSPS) is 12.6. The van der Waals surface area contributed by atoms with Crippen LogP contribution in [-0.4, -0.2) is 17.0 Å². The number of aromatic nitrogens is 2. The Hall–Kier alpha value is -1.26. The zero-order valence-electron chi connectivity index (χ0n) is 9.47. The van der Waals surface area contributed by atoms with Crippen molar-refractivity contribution >= 4 is 11.3 Å². The molecule has 1 atom stereocenters. The van der Waals surface area contributed by atoms with Crippen molar-refractivity contribution in [2.45, 2.75) is 19.4 Å². The zero-order chi connectivity index (χ0) is 11.4. The monoisotopic (exact) mass is 233 g/mol. The maximum Gasteiger partial charge on any atom is 0.125 e. The van der Waals surface area contributed by atoms with Gasteiger partial charge in [0, 0.05) is 17.5 Å². The van der Waals surface area contributed by atoms with E-state index in [1.807, 2.05) is 26.2 Å². The smallest absolute Gasteiger partial charge is 0.125 e. The molecule has 0 bridgehead atoms. The van der Waals surface area contributed by atoms with E-state index in [1.165, 1.54) is 4.88 Å². The molecule has 0 aliphatic carbocycles. The summed E-state index contributed by atoms with van der Waals surface area (Å²) >= 11 is 1.78. The minimum Gasteiger partial charge on any atom is -0.311 e. The van der Waals surface area contributed by atoms with Gasteiger partial charge in [0.1, 0.15) is 5.82 Å². The summed E-state index contributed by atoms with van der Waals surface area (Å²) in [7, 11) is 1.97. The van der Waals surface area contributed by atoms with Gasteiger partial charge in [0.05, 0.1) is 11.7 Å². The van der Waals surface area contributed by atoms with Crippen molar-refractivity contribution < 1.29 is 0 Å². The summed E-state index contributed by atoms with van der Waals surface area (Å²) < 4.78 is 0. The number of aryl methyl sites for hydroxylation is 1. The van der Waals surface area contributed by atoms with Crippen molar-refractivity contribution in [1.82, 2.24) is 15.3 Å². The van der Waals surface area contributed by atoms with Crippen molar-refractivity contribution in [2.75, 3.05) is 7.05 Å². The van der Waals surface area contributed by atoms with Gasteiger partial charge in [0.2, 0.25) is 0 Å². The van der Waals surface area contributed by atoms with E-state index in [9.17, 15) is 0 Å². The first-order valence-corrected chi connectivity index (χ1v) is 6.17. The minimum atomic E-state index is 0.264. The van der Waals surface area contributed by atoms with Gasteiger partial charge in [-0.05, 0) is 31.5 Å². The highest BCUT2D eigenvalue weighted by Gasteiger charge is 2.12. The van der Waals surface area contributed by atoms with E-state index in [0.29, 0.717) is 0 Å². The molecule has 0 spiro atoms. The highest BCUT2D eigenvalue weighted by atomic mass is 32.1. The molecule has 1 N–H and O–H groups in total. The van der Waals surface area contributed by atoms with Crippen LogP contribution in [0.15, 0.2) is 29.8 Å². The number of rotatable bonds is 4. The average molecular weight is 233 g/mol. The quantitative estimate of drug-likeness (QED) is 0.881. The topological polar surface area (TPSA) is 37.8 Å². The number of thiophene rings is 1. The fraction of sp³-hybridized carbons (Fsp3) is 0.333. The molecule has 0 saturated heterocycles. The Morgan fingerprint density at radius 2 is 2.31 bits per heavy atom. The molecule has 2 rings (SSSR count). The first kappa shape index (κ1) is 11.2. The molecule has 0 aromatic carbocycles. The van der Waals surface area contributed by atoms with Gasteiger partial charge in [-0.15, -0.1) is 11.3 Å². The van der Waals surface area contributed by atoms with Gasteiger partial charge in [-0.1, -0.05) is 6.07 Å². The molecule has 0 aliphatic heterocycles. The Kier molecular flexibility index (Phi) is 3.64. The molecular weight excluding hydrogens is 218 g/mol. The van der Waals surface area contributed by atoms with Gasteiger partial charge in [-0.3, -0.25) is 0 Å². The Bertz CT molecular complexity index is 439. The van der Waals surface area contributed by atoms with Crippen LogP contribution in [0.2, 0.25) is 0 Å². The summed E-state index contributed by atoms with van der Waals surface area (Å²) in [5.41, 5.74) is 1.06. The predicted octanol–water partition coefficient (Wildman–Crippen LogP) is 2.35. The van der Waals surface area contributed by atoms with Crippen LogP contribution in [-0.2, 0) is 6.42 Å². The summed E-state index contributed by atoms with van der Waals surface area (Å²) in [5, 5.41) is 5.40. The van der Waals surface area contributed by atoms with E-state index in [-0.39, 0.29) is 6.04 Å². The lowest BCUT2D eigenvalue weighted by Crippen LogP contribution is -2.20. The fourth-order valence-corrected chi connectivity index (χ4v) is 2.40. The fourth-order valence-electron chi connectivity index (χ4n) is 1.65. The van der Waals surface area contributed by atoms with E-state index in [0.717, 1.165) is 17.9 Å². The maximum atomic E-state index is 4.46. The Balaban J connectivity index is 2.16. The third-order valence-corrected chi connectivity index (χ3v) is 3.39. The minimum absolute atomic E-state index is 0.264. The predicted molar refractivity (Wildman–Crippen MR) is 66.6 cm³/mol. The maximum absolute atomic E-state index is 4.46. The molecule has 0 radical (unpaired) electrons. The molecular formula is C12H15N3S. The van der Waals surface area contributed by atoms with Gasteiger partial charge in [0.25, 0.3) is 0 Å². The number of nitrogens with one attached hydrogen (secondary N) is 1. The lowest BCUT2D eigenvalue weighted by atomic mass is 10.1. The largest absolute Gasteiger partial charge is 0.311 e. The molecule has 16 heavy (non-hydrogen) atoms. The van der Waals surface area contributed by atoms with Gasteiger partial charge in [0.15, 0.2) is 0 Å². The summed E-state index contributed by atoms with van der Waals surface area (Å²) in [4.78, 5) is 9.94. The van der Waals surface area contributed by atoms with Crippen LogP contribution in [0.5, 0.6) is 0 Å². The van der Waals surface area contributed by atoms with Crippen LogP contribution in [0.1, 0.15) is 22.4 Å². The van der Waals surface area contributed by atoms with Crippen molar-refractivity contribution in [3.8, 4) is 0 Å². The van der Waals surface area contributed by atoms with E-state index >= 15 is 0 Å². The highest BCUT2D eigenvalue weighted by Crippen LogP contribution is 2.19. The number of likely N-dealkylation sites (N-methyl/N-ethyl adjacent to an activating group) is 1. The average Bonchev–Trinajstić information content (AvgIpc) is 2.78. The van der Waals surface area contributed by atoms with E-state index in [2.05, 4.69) is 32.8 Å². The van der Waals surface area contributed by atoms with Crippen LogP contribution in [0.25, 0.3) is 0 Å². The lowest BCUT2D eigenvalue weighted by Gasteiger charge is -2.14. The molecule has 2 aromatic heterocycles. The second kappa shape index (κ2) is 5.18. The molecule has 0 aliphatic rings. The van der Waals surface area contributed by atoms with Gasteiger partial charge < -0.3 is 5.32 Å². The molecule has 3 nitrogen and oxygen atoms in total. The van der Waals surface area contributed by atoms with Crippen molar-refractivity contribution in [3.05, 3.63) is 46.2 Å². The Labute approximate surface area is 99.6 Å². The first-order chi connectivity index (χ1) is 7.79. The van der Waals surface area contributed by atoms with Gasteiger partial charge >= 0.3 is 0 Å². The lowest BCUT2D eigenvalue weighted by molar-refractivity contribution is 0.576. The Morgan fingerprint density at radius 3 is 2.94 bits per heavy atom. The standard InChI is InChI=1S/C12H15N3S/c1-9-14-6-5-11(15-9)12(13-2)8-10-4-3-7-16-10/h3-7,12-13H,8H2,1-2H3. The first-order valence-electron chi connectivity index (χ1n) is 5.29. The van der Waals surface area contributed by atoms with Crippen molar-refractivity contribution in [3.63, 3.8) is 0 Å². The number of hydrogen-bond acceptors (Lipinski definition) is 4. The van der Waals surface area contributed by atoms with Crippen LogP contribution < -0.4 is 5.32 Å². The van der Waals surface area contributed by atoms with E-state index < -0.39 is 0 Å². The summed E-state index contributed by atoms with van der Waals surface area (Å²) in [6.07, 6.45) is 2.79. The second-order valence-corrected chi connectivity index (χ2v) is 4.69. The summed E-state index contributed by atoms with van der Waals surface area (Å²) in [5.74, 6) is 0.823. The molecule has 0 amide bonds. The Morgan fingerprint density at radius 1 is 1.44 bits per heavy atom. The van der Waals surface area contributed by atoms with Crippen LogP contribution >= 0.6 is 11.3 Å². The molecule has 0 saturated carbocycles. The van der Waals surface area contributed by atoms with Crippen LogP contribution in [0, 0.1) is 6.92 Å². The molecule has 1 unspecified atom stereocenters. The third-order valence-electron chi connectivity index (χ3n) is 2.49. The third kappa shape index (κ3) is 2.65. The second-order valence-electron chi connectivity index (χ2n) is 3.65. The molecule has 2 heterocycles. The van der Waals surface area contributed by atoms with Gasteiger partial charge in [-0.2, -0.15) is 0 Å². The van der Waals surface area contributed by atoms with Crippen LogP contribution in [0.4, 0.5) is 0 Å². The molecule has 84 valence electrons. The zero-order valence-corrected chi connectivity index (χ0v) is 10.3. The van der Waals surface area contributed by atoms with Gasteiger partial charge in [-0.25, -0.2) is 9.97 Å². The molecule has 2 aromatic rings. The highest BCUT2D eigenvalue weighted by molar-refractivity contribution is 7.09. The van der Waals surface area contributed by atoms with E-state index in [4.69, 9.17) is 0 Å². The summed E-state index contributed by atoms with van der Waals surface area (Å²) in [6.45, 7) is 1.92. The number of nitrogens with zero attached hydrogens (tertiary/aromatic N) is 2. The van der Waals surface area contributed by atoms with Crippen LogP contribution in [0.3, 0.4) is 0 Å².